The fourth-order valence-electron chi connectivity index (χ4n) is 12.9. The number of aryl methyl sites for hydroxylation is 4. The Morgan fingerprint density at radius 2 is 0.573 bits per heavy atom. The summed E-state index contributed by atoms with van der Waals surface area (Å²) in [5.41, 5.74) is 1.22. The summed E-state index contributed by atoms with van der Waals surface area (Å²) < 4.78 is 220. The fraction of sp³-hybridized carbons (Fsp3) is 0.117. The number of hydrogen-bond acceptors (Lipinski definition) is 0. The molecule has 13 rings (SSSR count). The number of rotatable bonds is 8. The van der Waals surface area contributed by atoms with Crippen LogP contribution in [-0.2, 0) is 30.9 Å². The molecule has 11 aromatic carbocycles. The van der Waals surface area contributed by atoms with Crippen LogP contribution in [0.4, 0.5) is 77.2 Å². The first-order chi connectivity index (χ1) is 45.2. The van der Waals surface area contributed by atoms with Gasteiger partial charge in [0.2, 0.25) is 0 Å². The highest BCUT2D eigenvalue weighted by molar-refractivity contribution is 6.14. The zero-order chi connectivity index (χ0) is 68.5. The zero-order valence-corrected chi connectivity index (χ0v) is 50.5. The second kappa shape index (κ2) is 22.9. The number of benzene rings is 11. The van der Waals surface area contributed by atoms with E-state index in [-0.39, 0.29) is 55.9 Å². The van der Waals surface area contributed by atoms with Crippen molar-refractivity contribution in [2.75, 3.05) is 0 Å². The first-order valence-corrected chi connectivity index (χ1v) is 29.4. The van der Waals surface area contributed by atoms with E-state index >= 15 is 0 Å². The second-order valence-corrected chi connectivity index (χ2v) is 23.8. The van der Waals surface area contributed by atoms with Crippen molar-refractivity contribution in [1.82, 2.24) is 9.13 Å². The molecule has 2 heterocycles. The molecule has 19 heteroatoms. The van der Waals surface area contributed by atoms with E-state index in [1.165, 1.54) is 33.8 Å². The van der Waals surface area contributed by atoms with Gasteiger partial charge in [0.15, 0.2) is 11.4 Å². The molecule has 0 bridgehead atoms. The molecule has 0 aliphatic carbocycles. The van der Waals surface area contributed by atoms with Crippen LogP contribution in [0.15, 0.2) is 200 Å². The highest BCUT2D eigenvalue weighted by Crippen LogP contribution is 2.49. The van der Waals surface area contributed by atoms with E-state index in [2.05, 4.69) is 9.69 Å². The third kappa shape index (κ3) is 11.7. The summed E-state index contributed by atoms with van der Waals surface area (Å²) in [6, 6.07) is 46.3. The van der Waals surface area contributed by atoms with Crippen LogP contribution < -0.4 is 0 Å². The van der Waals surface area contributed by atoms with Crippen molar-refractivity contribution < 1.29 is 65.9 Å². The van der Waals surface area contributed by atoms with E-state index in [1.54, 1.807) is 137 Å². The Bertz CT molecular complexity index is 5240. The summed E-state index contributed by atoms with van der Waals surface area (Å²) in [6.07, 6.45) is -23.8. The molecule has 478 valence electrons. The Kier molecular flexibility index (Phi) is 15.2. The highest BCUT2D eigenvalue weighted by atomic mass is 19.4. The Balaban J connectivity index is 1.13. The molecule has 0 saturated heterocycles. The first kappa shape index (κ1) is 63.7. The summed E-state index contributed by atoms with van der Waals surface area (Å²) in [7, 11) is 0. The second-order valence-electron chi connectivity index (χ2n) is 23.8. The van der Waals surface area contributed by atoms with Crippen molar-refractivity contribution in [2.24, 2.45) is 0 Å². The predicted octanol–water partition coefficient (Wildman–Crippen LogP) is 25.3. The minimum atomic E-state index is -4.85. The molecule has 13 aromatic rings. The summed E-state index contributed by atoms with van der Waals surface area (Å²) in [6.45, 7) is 22.6. The van der Waals surface area contributed by atoms with Crippen molar-refractivity contribution in [3.05, 3.63) is 273 Å². The van der Waals surface area contributed by atoms with Gasteiger partial charge < -0.3 is 9.13 Å². The number of halogens is 15. The minimum absolute atomic E-state index is 0.0598. The standard InChI is InChI=1S/C77H45F15N4/c1-40-21-49(29-54(25-40)74(81,82)83)44-7-15-67-60(33-44)61-34-45(50-22-41(2)26-55(30-50)75(84,85)86)8-16-68(61)95(67)71-19-11-48(59-14-12-53(73(78,79)80)38-66(59)94-6)37-64(71)65-39-58(93-5)13-20-72(65)96-69-17-9-46(51-23-42(3)27-56(31-51)76(87,88)89)35-62(69)63-36-47(10-18-70(63)96)52-24-43(4)28-57(32-52)77(90,91)92/h7-39H,1-4H3. The molecular weight excluding hydrogens is 1270 g/mol. The maximum absolute atomic E-state index is 14.5. The smallest absolute Gasteiger partial charge is 0.309 e. The van der Waals surface area contributed by atoms with Crippen LogP contribution in [0.2, 0.25) is 0 Å². The van der Waals surface area contributed by atoms with Crippen molar-refractivity contribution in [1.29, 1.82) is 0 Å². The summed E-state index contributed by atoms with van der Waals surface area (Å²) in [5.74, 6) is 0. The van der Waals surface area contributed by atoms with Gasteiger partial charge in [-0.25, -0.2) is 9.69 Å². The molecule has 0 saturated carbocycles. The van der Waals surface area contributed by atoms with Crippen LogP contribution >= 0.6 is 0 Å². The van der Waals surface area contributed by atoms with E-state index in [4.69, 9.17) is 13.1 Å². The van der Waals surface area contributed by atoms with E-state index in [1.807, 2.05) is 0 Å². The summed E-state index contributed by atoms with van der Waals surface area (Å²) >= 11 is 0. The van der Waals surface area contributed by atoms with Crippen molar-refractivity contribution in [2.45, 2.75) is 58.6 Å². The highest BCUT2D eigenvalue weighted by Gasteiger charge is 2.36. The SMILES string of the molecule is [C-]#[N+]c1ccc(-n2c3ccc(-c4cc(C)cc(C(F)(F)F)c4)cc3c3cc(-c4cc(C)cc(C(F)(F)F)c4)ccc32)c(-c2cc(-c3ccc(C(F)(F)F)cc3[N+]#[C-])ccc2-n2c3ccc(-c4cc(C)cc(C(F)(F)F)c4)cc3c3cc(-c4cc(C)cc(C(F)(F)F)c4)ccc32)c1. The molecule has 0 spiro atoms. The van der Waals surface area contributed by atoms with Gasteiger partial charge in [-0.15, -0.1) is 0 Å². The van der Waals surface area contributed by atoms with Gasteiger partial charge >= 0.3 is 30.9 Å². The van der Waals surface area contributed by atoms with Crippen LogP contribution in [0.25, 0.3) is 131 Å². The molecular formula is C77H45F15N4. The molecule has 2 aromatic heterocycles. The number of fused-ring (bicyclic) bond motifs is 6. The van der Waals surface area contributed by atoms with Crippen LogP contribution in [0.3, 0.4) is 0 Å². The van der Waals surface area contributed by atoms with Gasteiger partial charge in [-0.05, 0) is 239 Å². The number of hydrogen-bond donors (Lipinski definition) is 0. The monoisotopic (exact) mass is 1310 g/mol. The Morgan fingerprint density at radius 1 is 0.260 bits per heavy atom. The lowest BCUT2D eigenvalue weighted by atomic mass is 9.94. The maximum Gasteiger partial charge on any atom is 0.416 e. The Morgan fingerprint density at radius 3 is 0.885 bits per heavy atom. The molecule has 0 radical (unpaired) electrons. The Labute approximate surface area is 537 Å². The van der Waals surface area contributed by atoms with Gasteiger partial charge in [0.05, 0.1) is 68.8 Å². The number of nitrogens with zero attached hydrogens (tertiary/aromatic N) is 4. The van der Waals surface area contributed by atoms with Crippen molar-refractivity contribution >= 4 is 55.0 Å². The first-order valence-electron chi connectivity index (χ1n) is 29.4. The van der Waals surface area contributed by atoms with Crippen LogP contribution in [0, 0.1) is 40.8 Å². The van der Waals surface area contributed by atoms with Crippen molar-refractivity contribution in [3.63, 3.8) is 0 Å². The zero-order valence-electron chi connectivity index (χ0n) is 50.5. The average Bonchev–Trinajstić information content (AvgIpc) is 1.56. The minimum Gasteiger partial charge on any atom is -0.309 e. The lowest BCUT2D eigenvalue weighted by Gasteiger charge is -2.21. The van der Waals surface area contributed by atoms with Gasteiger partial charge in [-0.2, -0.15) is 65.9 Å². The van der Waals surface area contributed by atoms with E-state index in [0.717, 1.165) is 60.7 Å². The van der Waals surface area contributed by atoms with Crippen molar-refractivity contribution in [3.8, 4) is 78.1 Å². The average molecular weight is 1310 g/mol. The van der Waals surface area contributed by atoms with Crippen LogP contribution in [-0.4, -0.2) is 9.13 Å². The van der Waals surface area contributed by atoms with Gasteiger partial charge in [0.25, 0.3) is 0 Å². The number of aromatic nitrogens is 2. The molecule has 0 aliphatic rings. The quantitative estimate of drug-likeness (QED) is 0.107. The van der Waals surface area contributed by atoms with E-state index in [0.29, 0.717) is 106 Å². The maximum atomic E-state index is 14.5. The molecule has 96 heavy (non-hydrogen) atoms. The third-order valence-corrected chi connectivity index (χ3v) is 17.1. The molecule has 0 unspecified atom stereocenters. The predicted molar refractivity (Wildman–Crippen MR) is 344 cm³/mol. The van der Waals surface area contributed by atoms with Crippen LogP contribution in [0.5, 0.6) is 0 Å². The molecule has 0 amide bonds. The fourth-order valence-corrected chi connectivity index (χ4v) is 12.9. The molecule has 0 N–H and O–H groups in total. The molecule has 4 nitrogen and oxygen atoms in total. The lowest BCUT2D eigenvalue weighted by molar-refractivity contribution is -0.138. The summed E-state index contributed by atoms with van der Waals surface area (Å²) in [4.78, 5) is 7.32. The molecule has 0 fully saturated rings. The van der Waals surface area contributed by atoms with E-state index < -0.39 is 58.7 Å². The number of alkyl halides is 15. The molecule has 0 aliphatic heterocycles. The Hall–Kier alpha value is -11.1. The topological polar surface area (TPSA) is 18.6 Å². The van der Waals surface area contributed by atoms with Gasteiger partial charge in [-0.3, -0.25) is 0 Å². The normalized spacial score (nSPS) is 12.5. The summed E-state index contributed by atoms with van der Waals surface area (Å²) in [5, 5.41) is 1.66. The van der Waals surface area contributed by atoms with Gasteiger partial charge in [0.1, 0.15) is 0 Å². The lowest BCUT2D eigenvalue weighted by Crippen LogP contribution is -2.05. The van der Waals surface area contributed by atoms with Gasteiger partial charge in [0, 0.05) is 32.7 Å². The third-order valence-electron chi connectivity index (χ3n) is 17.1. The van der Waals surface area contributed by atoms with Gasteiger partial charge in [-0.1, -0.05) is 72.8 Å². The van der Waals surface area contributed by atoms with Crippen LogP contribution in [0.1, 0.15) is 50.1 Å². The largest absolute Gasteiger partial charge is 0.416 e. The molecule has 0 atom stereocenters. The van der Waals surface area contributed by atoms with E-state index in [9.17, 15) is 65.9 Å².